The van der Waals surface area contributed by atoms with Gasteiger partial charge in [-0.1, -0.05) is 0 Å². The van der Waals surface area contributed by atoms with Crippen molar-refractivity contribution in [3.05, 3.63) is 58.1 Å². The Labute approximate surface area is 115 Å². The Morgan fingerprint density at radius 2 is 1.95 bits per heavy atom. The molecule has 20 heavy (non-hydrogen) atoms. The Hall–Kier alpha value is -2.89. The Morgan fingerprint density at radius 1 is 1.25 bits per heavy atom. The van der Waals surface area contributed by atoms with Crippen LogP contribution >= 0.6 is 0 Å². The molecular weight excluding hydrogens is 260 g/mol. The second-order valence-corrected chi connectivity index (χ2v) is 3.96. The van der Waals surface area contributed by atoms with E-state index in [0.29, 0.717) is 11.3 Å². The van der Waals surface area contributed by atoms with Crippen molar-refractivity contribution >= 4 is 17.6 Å². The lowest BCUT2D eigenvalue weighted by atomic mass is 10.2. The van der Waals surface area contributed by atoms with Crippen molar-refractivity contribution in [3.8, 4) is 11.5 Å². The molecule has 2 aromatic rings. The number of phenols is 1. The first-order chi connectivity index (χ1) is 9.60. The van der Waals surface area contributed by atoms with E-state index in [0.717, 1.165) is 5.75 Å². The van der Waals surface area contributed by atoms with Crippen molar-refractivity contribution in [1.29, 1.82) is 0 Å². The molecule has 0 bridgehead atoms. The minimum Gasteiger partial charge on any atom is -0.502 e. The standard InChI is InChI=1S/C14H12N2O4/c1-20-12-5-3-11(4-6-12)15-9-10-2-7-14(17)13(8-10)16(18)19/h2-9,17H,1H3. The minimum atomic E-state index is -0.639. The smallest absolute Gasteiger partial charge is 0.311 e. The molecule has 6 nitrogen and oxygen atoms in total. The van der Waals surface area contributed by atoms with Gasteiger partial charge in [0.2, 0.25) is 0 Å². The van der Waals surface area contributed by atoms with Crippen LogP contribution in [0.4, 0.5) is 11.4 Å². The molecule has 0 aliphatic rings. The highest BCUT2D eigenvalue weighted by Gasteiger charge is 2.12. The molecule has 0 atom stereocenters. The largest absolute Gasteiger partial charge is 0.502 e. The molecule has 0 aromatic heterocycles. The maximum absolute atomic E-state index is 10.7. The van der Waals surface area contributed by atoms with Gasteiger partial charge in [-0.15, -0.1) is 0 Å². The summed E-state index contributed by atoms with van der Waals surface area (Å²) < 4.78 is 5.03. The summed E-state index contributed by atoms with van der Waals surface area (Å²) in [5, 5.41) is 20.1. The first-order valence-electron chi connectivity index (χ1n) is 5.75. The van der Waals surface area contributed by atoms with Crippen molar-refractivity contribution in [2.75, 3.05) is 7.11 Å². The Kier molecular flexibility index (Phi) is 3.95. The zero-order valence-corrected chi connectivity index (χ0v) is 10.7. The average Bonchev–Trinajstić information content (AvgIpc) is 2.46. The number of aliphatic imine (C=N–C) groups is 1. The minimum absolute atomic E-state index is 0.344. The summed E-state index contributed by atoms with van der Waals surface area (Å²) in [4.78, 5) is 14.3. The number of phenolic OH excluding ortho intramolecular Hbond substituents is 1. The van der Waals surface area contributed by atoms with Gasteiger partial charge in [0.1, 0.15) is 5.75 Å². The van der Waals surface area contributed by atoms with Gasteiger partial charge in [-0.3, -0.25) is 15.1 Å². The lowest BCUT2D eigenvalue weighted by Crippen LogP contribution is -1.90. The molecule has 2 rings (SSSR count). The van der Waals surface area contributed by atoms with E-state index in [2.05, 4.69) is 4.99 Å². The predicted molar refractivity (Wildman–Crippen MR) is 75.0 cm³/mol. The summed E-state index contributed by atoms with van der Waals surface area (Å²) in [5.74, 6) is 0.362. The molecule has 0 radical (unpaired) electrons. The average molecular weight is 272 g/mol. The summed E-state index contributed by atoms with van der Waals surface area (Å²) in [6.07, 6.45) is 1.49. The fourth-order valence-corrected chi connectivity index (χ4v) is 1.58. The van der Waals surface area contributed by atoms with Crippen LogP contribution in [-0.2, 0) is 0 Å². The number of nitro benzene ring substituents is 1. The summed E-state index contributed by atoms with van der Waals surface area (Å²) >= 11 is 0. The van der Waals surface area contributed by atoms with Gasteiger partial charge < -0.3 is 9.84 Å². The topological polar surface area (TPSA) is 85.0 Å². The highest BCUT2D eigenvalue weighted by molar-refractivity contribution is 5.83. The number of hydrogen-bond acceptors (Lipinski definition) is 5. The molecule has 0 aliphatic heterocycles. The summed E-state index contributed by atoms with van der Waals surface area (Å²) in [7, 11) is 1.58. The first-order valence-corrected chi connectivity index (χ1v) is 5.75. The predicted octanol–water partition coefficient (Wildman–Crippen LogP) is 3.06. The number of methoxy groups -OCH3 is 1. The fraction of sp³-hybridized carbons (Fsp3) is 0.0714. The van der Waals surface area contributed by atoms with Gasteiger partial charge in [-0.2, -0.15) is 0 Å². The van der Waals surface area contributed by atoms with E-state index >= 15 is 0 Å². The number of nitrogens with zero attached hydrogens (tertiary/aromatic N) is 2. The van der Waals surface area contributed by atoms with E-state index in [1.165, 1.54) is 18.3 Å². The van der Waals surface area contributed by atoms with Crippen molar-refractivity contribution < 1.29 is 14.8 Å². The lowest BCUT2D eigenvalue weighted by molar-refractivity contribution is -0.385. The summed E-state index contributed by atoms with van der Waals surface area (Å²) in [6, 6.07) is 11.2. The van der Waals surface area contributed by atoms with Gasteiger partial charge >= 0.3 is 5.69 Å². The number of hydrogen-bond donors (Lipinski definition) is 1. The quantitative estimate of drug-likeness (QED) is 0.526. The van der Waals surface area contributed by atoms with Crippen LogP contribution in [0.25, 0.3) is 0 Å². The molecule has 0 saturated heterocycles. The van der Waals surface area contributed by atoms with Crippen LogP contribution in [0.1, 0.15) is 5.56 Å². The van der Waals surface area contributed by atoms with E-state index in [-0.39, 0.29) is 11.4 Å². The highest BCUT2D eigenvalue weighted by Crippen LogP contribution is 2.26. The molecule has 2 aromatic carbocycles. The number of nitro groups is 1. The summed E-state index contributed by atoms with van der Waals surface area (Å²) in [6.45, 7) is 0. The van der Waals surface area contributed by atoms with Crippen LogP contribution in [0, 0.1) is 10.1 Å². The monoisotopic (exact) mass is 272 g/mol. The molecular formula is C14H12N2O4. The molecule has 0 unspecified atom stereocenters. The van der Waals surface area contributed by atoms with Crippen LogP contribution in [-0.4, -0.2) is 23.4 Å². The van der Waals surface area contributed by atoms with E-state index in [1.807, 2.05) is 0 Å². The van der Waals surface area contributed by atoms with Crippen molar-refractivity contribution in [2.24, 2.45) is 4.99 Å². The molecule has 6 heteroatoms. The molecule has 0 aliphatic carbocycles. The van der Waals surface area contributed by atoms with Crippen LogP contribution in [0.2, 0.25) is 0 Å². The van der Waals surface area contributed by atoms with Crippen LogP contribution in [0.15, 0.2) is 47.5 Å². The number of benzene rings is 2. The van der Waals surface area contributed by atoms with E-state index in [4.69, 9.17) is 4.74 Å². The molecule has 0 amide bonds. The maximum Gasteiger partial charge on any atom is 0.311 e. The normalized spacial score (nSPS) is 10.7. The molecule has 0 saturated carbocycles. The van der Waals surface area contributed by atoms with E-state index in [9.17, 15) is 15.2 Å². The maximum atomic E-state index is 10.7. The third-order valence-electron chi connectivity index (χ3n) is 2.63. The zero-order chi connectivity index (χ0) is 14.5. The van der Waals surface area contributed by atoms with E-state index in [1.54, 1.807) is 37.4 Å². The molecule has 102 valence electrons. The number of aromatic hydroxyl groups is 1. The van der Waals surface area contributed by atoms with Gasteiger partial charge in [-0.05, 0) is 42.0 Å². The van der Waals surface area contributed by atoms with Crippen molar-refractivity contribution in [1.82, 2.24) is 0 Å². The van der Waals surface area contributed by atoms with Crippen molar-refractivity contribution in [3.63, 3.8) is 0 Å². The zero-order valence-electron chi connectivity index (χ0n) is 10.7. The highest BCUT2D eigenvalue weighted by atomic mass is 16.6. The molecule has 0 spiro atoms. The lowest BCUT2D eigenvalue weighted by Gasteiger charge is -1.99. The Balaban J connectivity index is 2.22. The van der Waals surface area contributed by atoms with Crippen LogP contribution < -0.4 is 4.74 Å². The first kappa shape index (κ1) is 13.5. The molecule has 1 N–H and O–H groups in total. The SMILES string of the molecule is COc1ccc(N=Cc2ccc(O)c([N+](=O)[O-])c2)cc1. The van der Waals surface area contributed by atoms with E-state index < -0.39 is 4.92 Å². The van der Waals surface area contributed by atoms with Gasteiger partial charge in [0.05, 0.1) is 17.7 Å². The fourth-order valence-electron chi connectivity index (χ4n) is 1.58. The third kappa shape index (κ3) is 3.11. The second-order valence-electron chi connectivity index (χ2n) is 3.96. The van der Waals surface area contributed by atoms with Gasteiger partial charge in [-0.25, -0.2) is 0 Å². The van der Waals surface area contributed by atoms with Gasteiger partial charge in [0, 0.05) is 12.3 Å². The van der Waals surface area contributed by atoms with Crippen LogP contribution in [0.3, 0.4) is 0 Å². The van der Waals surface area contributed by atoms with Crippen LogP contribution in [0.5, 0.6) is 11.5 Å². The second kappa shape index (κ2) is 5.83. The van der Waals surface area contributed by atoms with Gasteiger partial charge in [0.25, 0.3) is 0 Å². The Bertz CT molecular complexity index is 651. The summed E-state index contributed by atoms with van der Waals surface area (Å²) in [5.41, 5.74) is 0.885. The third-order valence-corrected chi connectivity index (χ3v) is 2.63. The molecule has 0 fully saturated rings. The van der Waals surface area contributed by atoms with Crippen molar-refractivity contribution in [2.45, 2.75) is 0 Å². The Morgan fingerprint density at radius 3 is 2.55 bits per heavy atom. The van der Waals surface area contributed by atoms with Gasteiger partial charge in [0.15, 0.2) is 5.75 Å². The molecule has 0 heterocycles. The number of ether oxygens (including phenoxy) is 1. The number of rotatable bonds is 4.